The minimum absolute atomic E-state index is 0.302. The van der Waals surface area contributed by atoms with Gasteiger partial charge in [0.2, 0.25) is 0 Å². The minimum Gasteiger partial charge on any atom is -0.332 e. The van der Waals surface area contributed by atoms with Gasteiger partial charge in [-0.05, 0) is 24.1 Å². The van der Waals surface area contributed by atoms with Gasteiger partial charge in [0.15, 0.2) is 4.84 Å². The lowest BCUT2D eigenvalue weighted by molar-refractivity contribution is -0.129. The molecule has 0 heterocycles. The SMILES string of the molecule is CC/C=C/CN(Cc1cccc(Cl)c1)C(=O)C(Cl)Cl. The summed E-state index contributed by atoms with van der Waals surface area (Å²) in [6.07, 6.45) is 4.85. The van der Waals surface area contributed by atoms with Crippen LogP contribution < -0.4 is 0 Å². The molecule has 0 aromatic heterocycles. The molecule has 0 unspecified atom stereocenters. The first-order valence-electron chi connectivity index (χ1n) is 6.01. The molecule has 1 amide bonds. The van der Waals surface area contributed by atoms with Crippen LogP contribution in [0.5, 0.6) is 0 Å². The number of hydrogen-bond donors (Lipinski definition) is 0. The van der Waals surface area contributed by atoms with E-state index in [9.17, 15) is 4.79 Å². The Kier molecular flexibility index (Phi) is 7.29. The fourth-order valence-corrected chi connectivity index (χ4v) is 2.08. The molecule has 0 radical (unpaired) electrons. The second-order valence-corrected chi connectivity index (χ2v) is 5.56. The molecule has 2 nitrogen and oxygen atoms in total. The van der Waals surface area contributed by atoms with Gasteiger partial charge in [0.05, 0.1) is 0 Å². The Morgan fingerprint density at radius 1 is 1.37 bits per heavy atom. The summed E-state index contributed by atoms with van der Waals surface area (Å²) in [5.74, 6) is -0.302. The molecule has 19 heavy (non-hydrogen) atoms. The van der Waals surface area contributed by atoms with E-state index in [2.05, 4.69) is 0 Å². The molecule has 0 saturated carbocycles. The van der Waals surface area contributed by atoms with E-state index in [1.807, 2.05) is 37.3 Å². The van der Waals surface area contributed by atoms with Gasteiger partial charge in [0.25, 0.3) is 5.91 Å². The van der Waals surface area contributed by atoms with Crippen molar-refractivity contribution in [2.45, 2.75) is 24.7 Å². The van der Waals surface area contributed by atoms with Gasteiger partial charge < -0.3 is 4.90 Å². The molecule has 104 valence electrons. The van der Waals surface area contributed by atoms with Crippen LogP contribution in [-0.2, 0) is 11.3 Å². The summed E-state index contributed by atoms with van der Waals surface area (Å²) >= 11 is 17.2. The maximum Gasteiger partial charge on any atom is 0.256 e. The van der Waals surface area contributed by atoms with Crippen molar-refractivity contribution < 1.29 is 4.79 Å². The number of amides is 1. The summed E-state index contributed by atoms with van der Waals surface area (Å²) in [5.41, 5.74) is 0.944. The second-order valence-electron chi connectivity index (χ2n) is 4.03. The van der Waals surface area contributed by atoms with Crippen LogP contribution in [0.15, 0.2) is 36.4 Å². The van der Waals surface area contributed by atoms with E-state index in [0.717, 1.165) is 12.0 Å². The molecule has 0 fully saturated rings. The van der Waals surface area contributed by atoms with Crippen LogP contribution in [-0.4, -0.2) is 22.2 Å². The number of hydrogen-bond acceptors (Lipinski definition) is 1. The topological polar surface area (TPSA) is 20.3 Å². The van der Waals surface area contributed by atoms with Crippen molar-refractivity contribution in [1.29, 1.82) is 0 Å². The van der Waals surface area contributed by atoms with Crippen LogP contribution in [0, 0.1) is 0 Å². The third kappa shape index (κ3) is 5.85. The molecule has 0 atom stereocenters. The predicted molar refractivity (Wildman–Crippen MR) is 81.8 cm³/mol. The summed E-state index contributed by atoms with van der Waals surface area (Å²) in [7, 11) is 0. The third-order valence-electron chi connectivity index (χ3n) is 2.49. The maximum atomic E-state index is 11.9. The number of allylic oxidation sites excluding steroid dienone is 1. The molecule has 0 aliphatic carbocycles. The Balaban J connectivity index is 2.78. The highest BCUT2D eigenvalue weighted by Gasteiger charge is 2.19. The average Bonchev–Trinajstić information content (AvgIpc) is 2.37. The Labute approximate surface area is 128 Å². The first kappa shape index (κ1) is 16.4. The quantitative estimate of drug-likeness (QED) is 0.560. The molecule has 1 rings (SSSR count). The van der Waals surface area contributed by atoms with Gasteiger partial charge in [-0.25, -0.2) is 0 Å². The number of halogens is 3. The summed E-state index contributed by atoms with van der Waals surface area (Å²) in [6.45, 7) is 2.95. The van der Waals surface area contributed by atoms with E-state index in [1.54, 1.807) is 11.0 Å². The number of benzene rings is 1. The molecule has 0 spiro atoms. The first-order chi connectivity index (χ1) is 9.04. The number of rotatable bonds is 6. The maximum absolute atomic E-state index is 11.9. The highest BCUT2D eigenvalue weighted by Crippen LogP contribution is 2.15. The molecular formula is C14H16Cl3NO. The van der Waals surface area contributed by atoms with Crippen molar-refractivity contribution in [3.63, 3.8) is 0 Å². The van der Waals surface area contributed by atoms with E-state index < -0.39 is 4.84 Å². The van der Waals surface area contributed by atoms with E-state index in [4.69, 9.17) is 34.8 Å². The fourth-order valence-electron chi connectivity index (χ4n) is 1.59. The van der Waals surface area contributed by atoms with Gasteiger partial charge in [-0.1, -0.05) is 66.0 Å². The first-order valence-corrected chi connectivity index (χ1v) is 7.26. The molecule has 0 aliphatic heterocycles. The normalized spacial score (nSPS) is 11.2. The van der Waals surface area contributed by atoms with Crippen LogP contribution in [0.25, 0.3) is 0 Å². The van der Waals surface area contributed by atoms with Gasteiger partial charge in [-0.2, -0.15) is 0 Å². The molecular weight excluding hydrogens is 305 g/mol. The summed E-state index contributed by atoms with van der Waals surface area (Å²) in [6, 6.07) is 7.37. The lowest BCUT2D eigenvalue weighted by atomic mass is 10.2. The Morgan fingerprint density at radius 3 is 2.68 bits per heavy atom. The van der Waals surface area contributed by atoms with Crippen LogP contribution in [0.4, 0.5) is 0 Å². The molecule has 0 aliphatic rings. The standard InChI is InChI=1S/C14H16Cl3NO/c1-2-3-4-8-18(14(19)13(16)17)10-11-6-5-7-12(15)9-11/h3-7,9,13H,2,8,10H2,1H3/b4-3+. The van der Waals surface area contributed by atoms with E-state index in [0.29, 0.717) is 18.1 Å². The van der Waals surface area contributed by atoms with Crippen molar-refractivity contribution in [3.05, 3.63) is 47.0 Å². The summed E-state index contributed by atoms with van der Waals surface area (Å²) in [5, 5.41) is 0.641. The minimum atomic E-state index is -1.05. The van der Waals surface area contributed by atoms with Gasteiger partial charge in [0.1, 0.15) is 0 Å². The van der Waals surface area contributed by atoms with Gasteiger partial charge in [0, 0.05) is 18.1 Å². The van der Waals surface area contributed by atoms with Crippen LogP contribution in [0.3, 0.4) is 0 Å². The van der Waals surface area contributed by atoms with E-state index in [-0.39, 0.29) is 5.91 Å². The largest absolute Gasteiger partial charge is 0.332 e. The lowest BCUT2D eigenvalue weighted by Gasteiger charge is -2.22. The monoisotopic (exact) mass is 319 g/mol. The lowest BCUT2D eigenvalue weighted by Crippen LogP contribution is -2.34. The van der Waals surface area contributed by atoms with Crippen molar-refractivity contribution in [2.75, 3.05) is 6.54 Å². The molecule has 0 bridgehead atoms. The van der Waals surface area contributed by atoms with Crippen LogP contribution >= 0.6 is 34.8 Å². The number of carbonyl (C=O) groups is 1. The molecule has 1 aromatic rings. The Hall–Kier alpha value is -0.700. The molecule has 1 aromatic carbocycles. The highest BCUT2D eigenvalue weighted by molar-refractivity contribution is 6.53. The summed E-state index contributed by atoms with van der Waals surface area (Å²) in [4.78, 5) is 12.5. The van der Waals surface area contributed by atoms with Gasteiger partial charge in [-0.3, -0.25) is 4.79 Å². The van der Waals surface area contributed by atoms with Gasteiger partial charge >= 0.3 is 0 Å². The number of nitrogens with zero attached hydrogens (tertiary/aromatic N) is 1. The zero-order chi connectivity index (χ0) is 14.3. The predicted octanol–water partition coefficient (Wildman–Crippen LogP) is 4.44. The number of alkyl halides is 2. The van der Waals surface area contributed by atoms with E-state index >= 15 is 0 Å². The Bertz CT molecular complexity index is 446. The highest BCUT2D eigenvalue weighted by atomic mass is 35.5. The second kappa shape index (κ2) is 8.47. The van der Waals surface area contributed by atoms with Crippen molar-refractivity contribution in [3.8, 4) is 0 Å². The van der Waals surface area contributed by atoms with Crippen molar-refractivity contribution in [2.24, 2.45) is 0 Å². The fraction of sp³-hybridized carbons (Fsp3) is 0.357. The van der Waals surface area contributed by atoms with Crippen LogP contribution in [0.1, 0.15) is 18.9 Å². The smallest absolute Gasteiger partial charge is 0.256 e. The average molecular weight is 321 g/mol. The van der Waals surface area contributed by atoms with Crippen molar-refractivity contribution in [1.82, 2.24) is 4.90 Å². The third-order valence-corrected chi connectivity index (χ3v) is 3.10. The number of carbonyl (C=O) groups excluding carboxylic acids is 1. The zero-order valence-corrected chi connectivity index (χ0v) is 12.9. The van der Waals surface area contributed by atoms with Crippen molar-refractivity contribution >= 4 is 40.7 Å². The zero-order valence-electron chi connectivity index (χ0n) is 10.7. The van der Waals surface area contributed by atoms with Gasteiger partial charge in [-0.15, -0.1) is 0 Å². The molecule has 0 N–H and O–H groups in total. The molecule has 0 saturated heterocycles. The van der Waals surface area contributed by atoms with E-state index in [1.165, 1.54) is 0 Å². The Morgan fingerprint density at radius 2 is 2.11 bits per heavy atom. The summed E-state index contributed by atoms with van der Waals surface area (Å²) < 4.78 is 0. The van der Waals surface area contributed by atoms with Crippen LogP contribution in [0.2, 0.25) is 5.02 Å². The molecule has 5 heteroatoms.